The molecule has 0 aromatic heterocycles. The van der Waals surface area contributed by atoms with E-state index >= 15 is 0 Å². The molecule has 4 nitrogen and oxygen atoms in total. The summed E-state index contributed by atoms with van der Waals surface area (Å²) >= 11 is 0. The molecule has 0 unspecified atom stereocenters. The number of aliphatic imine (C=N–C) groups is 1. The molecule has 0 radical (unpaired) electrons. The van der Waals surface area contributed by atoms with Crippen LogP contribution < -0.4 is 5.32 Å². The first-order valence-corrected chi connectivity index (χ1v) is 8.60. The lowest BCUT2D eigenvalue weighted by molar-refractivity contribution is 0.275. The third kappa shape index (κ3) is 9.21. The highest BCUT2D eigenvalue weighted by atomic mass is 127. The van der Waals surface area contributed by atoms with Gasteiger partial charge >= 0.3 is 0 Å². The number of benzene rings is 1. The Bertz CT molecular complexity index is 537. The largest absolute Gasteiger partial charge is 0.392 e. The van der Waals surface area contributed by atoms with Gasteiger partial charge in [0.15, 0.2) is 5.96 Å². The summed E-state index contributed by atoms with van der Waals surface area (Å²) in [5.74, 6) is 0.463. The highest BCUT2D eigenvalue weighted by Gasteiger charge is 2.06. The highest BCUT2D eigenvalue weighted by molar-refractivity contribution is 14.0. The number of nitrogens with zero attached hydrogens (tertiary/aromatic N) is 2. The SMILES string of the molecule is C=CCCCCCN(C)C(=NCc1ccc(F)c(CO)c1)NCC.I. The van der Waals surface area contributed by atoms with E-state index < -0.39 is 0 Å². The molecule has 0 heterocycles. The van der Waals surface area contributed by atoms with Gasteiger partial charge in [-0.25, -0.2) is 9.38 Å². The Balaban J connectivity index is 0.00000576. The molecule has 0 fully saturated rings. The van der Waals surface area contributed by atoms with Crippen LogP contribution in [-0.2, 0) is 13.2 Å². The summed E-state index contributed by atoms with van der Waals surface area (Å²) in [6, 6.07) is 4.75. The summed E-state index contributed by atoms with van der Waals surface area (Å²) in [7, 11) is 2.03. The van der Waals surface area contributed by atoms with Crippen LogP contribution >= 0.6 is 24.0 Å². The number of hydrogen-bond donors (Lipinski definition) is 2. The molecule has 1 rings (SSSR count). The van der Waals surface area contributed by atoms with E-state index in [9.17, 15) is 4.39 Å². The van der Waals surface area contributed by atoms with Crippen LogP contribution in [0.4, 0.5) is 4.39 Å². The van der Waals surface area contributed by atoms with Gasteiger partial charge in [-0.05, 0) is 43.9 Å². The Hall–Kier alpha value is -1.15. The molecular formula is C19H31FIN3O. The molecule has 0 bridgehead atoms. The molecule has 1 aromatic carbocycles. The van der Waals surface area contributed by atoms with Gasteiger partial charge in [-0.1, -0.05) is 18.6 Å². The molecule has 0 saturated carbocycles. The zero-order chi connectivity index (χ0) is 17.8. The number of nitrogens with one attached hydrogen (secondary N) is 1. The van der Waals surface area contributed by atoms with Crippen LogP contribution in [-0.4, -0.2) is 36.1 Å². The molecule has 0 aliphatic heterocycles. The number of allylic oxidation sites excluding steroid dienone is 1. The fraction of sp³-hybridized carbons (Fsp3) is 0.526. The second-order valence-electron chi connectivity index (χ2n) is 5.81. The Morgan fingerprint density at radius 2 is 2.12 bits per heavy atom. The second-order valence-corrected chi connectivity index (χ2v) is 5.81. The lowest BCUT2D eigenvalue weighted by Gasteiger charge is -2.22. The normalized spacial score (nSPS) is 11.0. The van der Waals surface area contributed by atoms with Crippen LogP contribution in [0.2, 0.25) is 0 Å². The van der Waals surface area contributed by atoms with Gasteiger partial charge in [-0.3, -0.25) is 0 Å². The summed E-state index contributed by atoms with van der Waals surface area (Å²) in [6.07, 6.45) is 6.48. The van der Waals surface area contributed by atoms with E-state index in [1.165, 1.54) is 18.9 Å². The van der Waals surface area contributed by atoms with Gasteiger partial charge in [-0.15, -0.1) is 30.6 Å². The lowest BCUT2D eigenvalue weighted by Crippen LogP contribution is -2.39. The van der Waals surface area contributed by atoms with Crippen LogP contribution in [0.3, 0.4) is 0 Å². The first kappa shape index (κ1) is 23.9. The molecule has 0 saturated heterocycles. The number of halogens is 2. The molecule has 0 spiro atoms. The number of aliphatic hydroxyl groups excluding tert-OH is 1. The van der Waals surface area contributed by atoms with Crippen LogP contribution in [0.5, 0.6) is 0 Å². The van der Waals surface area contributed by atoms with Gasteiger partial charge < -0.3 is 15.3 Å². The molecule has 0 amide bonds. The smallest absolute Gasteiger partial charge is 0.193 e. The van der Waals surface area contributed by atoms with Crippen LogP contribution in [0.25, 0.3) is 0 Å². The van der Waals surface area contributed by atoms with E-state index in [0.29, 0.717) is 12.1 Å². The van der Waals surface area contributed by atoms with Gasteiger partial charge in [0, 0.05) is 25.7 Å². The molecule has 25 heavy (non-hydrogen) atoms. The Kier molecular flexibility index (Phi) is 13.4. The van der Waals surface area contributed by atoms with Gasteiger partial charge in [0.25, 0.3) is 0 Å². The van der Waals surface area contributed by atoms with E-state index in [4.69, 9.17) is 5.11 Å². The number of guanidine groups is 1. The number of unbranched alkanes of at least 4 members (excludes halogenated alkanes) is 3. The van der Waals surface area contributed by atoms with Crippen LogP contribution in [0, 0.1) is 5.82 Å². The fourth-order valence-corrected chi connectivity index (χ4v) is 2.40. The van der Waals surface area contributed by atoms with Crippen molar-refractivity contribution in [2.45, 2.75) is 45.8 Å². The molecule has 142 valence electrons. The maximum absolute atomic E-state index is 13.4. The molecule has 1 aromatic rings. The van der Waals surface area contributed by atoms with Crippen molar-refractivity contribution in [3.8, 4) is 0 Å². The Morgan fingerprint density at radius 3 is 2.76 bits per heavy atom. The minimum Gasteiger partial charge on any atom is -0.392 e. The summed E-state index contributed by atoms with van der Waals surface area (Å²) in [5.41, 5.74) is 1.19. The van der Waals surface area contributed by atoms with E-state index in [0.717, 1.165) is 37.5 Å². The lowest BCUT2D eigenvalue weighted by atomic mass is 10.1. The number of rotatable bonds is 10. The van der Waals surface area contributed by atoms with Gasteiger partial charge in [0.1, 0.15) is 5.82 Å². The van der Waals surface area contributed by atoms with Gasteiger partial charge in [-0.2, -0.15) is 0 Å². The number of aliphatic hydroxyl groups is 1. The van der Waals surface area contributed by atoms with Crippen molar-refractivity contribution in [1.82, 2.24) is 10.2 Å². The zero-order valence-corrected chi connectivity index (χ0v) is 17.6. The van der Waals surface area contributed by atoms with Crippen LogP contribution in [0.15, 0.2) is 35.8 Å². The average molecular weight is 463 g/mol. The minimum atomic E-state index is -0.381. The number of hydrogen-bond acceptors (Lipinski definition) is 2. The maximum atomic E-state index is 13.4. The average Bonchev–Trinajstić information content (AvgIpc) is 2.59. The molecule has 2 N–H and O–H groups in total. The summed E-state index contributed by atoms with van der Waals surface area (Å²) < 4.78 is 13.4. The van der Waals surface area contributed by atoms with Crippen LogP contribution in [0.1, 0.15) is 43.7 Å². The van der Waals surface area contributed by atoms with Crippen molar-refractivity contribution in [1.29, 1.82) is 0 Å². The van der Waals surface area contributed by atoms with Gasteiger partial charge in [0.2, 0.25) is 0 Å². The van der Waals surface area contributed by atoms with Crippen molar-refractivity contribution in [3.05, 3.63) is 47.8 Å². The second kappa shape index (κ2) is 14.1. The Labute approximate surface area is 168 Å². The predicted molar refractivity (Wildman–Crippen MR) is 114 cm³/mol. The molecule has 0 aliphatic carbocycles. The van der Waals surface area contributed by atoms with E-state index in [1.807, 2.05) is 20.0 Å². The van der Waals surface area contributed by atoms with Gasteiger partial charge in [0.05, 0.1) is 13.2 Å². The quantitative estimate of drug-likeness (QED) is 0.181. The molecule has 0 atom stereocenters. The predicted octanol–water partition coefficient (Wildman–Crippen LogP) is 4.08. The first-order valence-electron chi connectivity index (χ1n) is 8.60. The van der Waals surface area contributed by atoms with Crippen molar-refractivity contribution < 1.29 is 9.50 Å². The summed E-state index contributed by atoms with van der Waals surface area (Å²) in [5, 5.41) is 12.4. The monoisotopic (exact) mass is 463 g/mol. The zero-order valence-electron chi connectivity index (χ0n) is 15.3. The third-order valence-corrected chi connectivity index (χ3v) is 3.79. The standard InChI is InChI=1S/C19H30FN3O.HI/c1-4-6-7-8-9-12-23(3)19(21-5-2)22-14-16-10-11-18(20)17(13-16)15-24;/h4,10-11,13,24H,1,5-9,12,14-15H2,2-3H3,(H,21,22);1H. The molecular weight excluding hydrogens is 432 g/mol. The summed E-state index contributed by atoms with van der Waals surface area (Å²) in [4.78, 5) is 6.73. The van der Waals surface area contributed by atoms with E-state index in [1.54, 1.807) is 12.1 Å². The first-order chi connectivity index (χ1) is 11.6. The fourth-order valence-electron chi connectivity index (χ4n) is 2.40. The van der Waals surface area contributed by atoms with Crippen molar-refractivity contribution in [3.63, 3.8) is 0 Å². The van der Waals surface area contributed by atoms with Crippen molar-refractivity contribution in [2.75, 3.05) is 20.1 Å². The minimum absolute atomic E-state index is 0. The Morgan fingerprint density at radius 1 is 1.36 bits per heavy atom. The highest BCUT2D eigenvalue weighted by Crippen LogP contribution is 2.12. The van der Waals surface area contributed by atoms with E-state index in [-0.39, 0.29) is 36.4 Å². The summed E-state index contributed by atoms with van der Waals surface area (Å²) in [6.45, 7) is 7.67. The van der Waals surface area contributed by atoms with Crippen molar-refractivity contribution >= 4 is 29.9 Å². The maximum Gasteiger partial charge on any atom is 0.193 e. The van der Waals surface area contributed by atoms with E-state index in [2.05, 4.69) is 21.8 Å². The third-order valence-electron chi connectivity index (χ3n) is 3.79. The molecule has 0 aliphatic rings. The topological polar surface area (TPSA) is 47.9 Å². The van der Waals surface area contributed by atoms with Crippen molar-refractivity contribution in [2.24, 2.45) is 4.99 Å². The molecule has 6 heteroatoms.